The molecule has 307 valence electrons. The van der Waals surface area contributed by atoms with Crippen LogP contribution in [-0.2, 0) is 30.9 Å². The van der Waals surface area contributed by atoms with E-state index >= 15 is 0 Å². The van der Waals surface area contributed by atoms with Crippen LogP contribution < -0.4 is 0 Å². The number of imidazole rings is 1. The van der Waals surface area contributed by atoms with Gasteiger partial charge >= 0.3 is 0 Å². The summed E-state index contributed by atoms with van der Waals surface area (Å²) >= 11 is 0. The quantitative estimate of drug-likeness (QED) is 0.118. The predicted octanol–water partition coefficient (Wildman–Crippen LogP) is 16.0. The van der Waals surface area contributed by atoms with Gasteiger partial charge in [0, 0.05) is 38.2 Å². The number of nitrogens with zero attached hydrogens (tertiary/aromatic N) is 2. The van der Waals surface area contributed by atoms with Crippen LogP contribution in [0.5, 0.6) is 0 Å². The largest absolute Gasteiger partial charge is 0.340 e. The Morgan fingerprint density at radius 2 is 0.948 bits per heavy atom. The van der Waals surface area contributed by atoms with E-state index < -0.39 is 0 Å². The molecule has 1 aromatic heterocycles. The van der Waals surface area contributed by atoms with Gasteiger partial charge in [0.25, 0.3) is 0 Å². The van der Waals surface area contributed by atoms with E-state index in [1.807, 2.05) is 18.3 Å². The van der Waals surface area contributed by atoms with Crippen LogP contribution in [0.1, 0.15) is 144 Å². The zero-order valence-electron chi connectivity index (χ0n) is 37.8. The predicted molar refractivity (Wildman–Crippen MR) is 247 cm³/mol. The topological polar surface area (TPSA) is 17.8 Å². The number of benzene rings is 5. The van der Waals surface area contributed by atoms with Crippen LogP contribution in [0, 0.1) is 16.9 Å². The average molecular weight is 948 g/mol. The molecule has 0 amide bonds. The molecule has 1 radical (unpaired) electrons. The summed E-state index contributed by atoms with van der Waals surface area (Å²) in [5.74, 6) is 1.51. The molecule has 0 bridgehead atoms. The van der Waals surface area contributed by atoms with Crippen molar-refractivity contribution in [3.05, 3.63) is 144 Å². The van der Waals surface area contributed by atoms with E-state index in [0.29, 0.717) is 11.8 Å². The first kappa shape index (κ1) is 45.1. The fourth-order valence-corrected chi connectivity index (χ4v) is 9.43. The molecule has 2 nitrogen and oxygen atoms in total. The van der Waals surface area contributed by atoms with Crippen LogP contribution in [0.4, 0.5) is 0 Å². The SMILES string of the molecule is CC(C)c1cc(-c2cc(-c3ccc(C(C)(C)CC(C)(C)C)cc3)cc(-c3ccc(C(C)(C)CC(C)(C)C)cc3)c2)cc(C(C)C)c1-n1ccnc1-c1[c-]cccc1.[Ir]. The Morgan fingerprint density at radius 3 is 1.33 bits per heavy atom. The minimum atomic E-state index is 0. The van der Waals surface area contributed by atoms with Gasteiger partial charge in [0.15, 0.2) is 0 Å². The summed E-state index contributed by atoms with van der Waals surface area (Å²) in [5.41, 5.74) is 15.7. The molecule has 0 aliphatic carbocycles. The summed E-state index contributed by atoms with van der Waals surface area (Å²) in [5, 5.41) is 0. The van der Waals surface area contributed by atoms with Gasteiger partial charge in [0.05, 0.1) is 5.82 Å². The molecular formula is C55H67IrN2-. The van der Waals surface area contributed by atoms with Crippen molar-refractivity contribution < 1.29 is 20.1 Å². The Bertz CT molecular complexity index is 2170. The van der Waals surface area contributed by atoms with E-state index in [1.54, 1.807) is 0 Å². The molecule has 0 aliphatic heterocycles. The zero-order valence-corrected chi connectivity index (χ0v) is 40.2. The number of rotatable bonds is 11. The second kappa shape index (κ2) is 17.3. The minimum Gasteiger partial charge on any atom is -0.340 e. The smallest absolute Gasteiger partial charge is 0.0602 e. The molecule has 0 unspecified atom stereocenters. The number of hydrogen-bond acceptors (Lipinski definition) is 1. The summed E-state index contributed by atoms with van der Waals surface area (Å²) in [4.78, 5) is 4.84. The third kappa shape index (κ3) is 10.4. The van der Waals surface area contributed by atoms with E-state index in [-0.39, 0.29) is 41.8 Å². The summed E-state index contributed by atoms with van der Waals surface area (Å²) < 4.78 is 2.29. The summed E-state index contributed by atoms with van der Waals surface area (Å²) in [6, 6.07) is 42.4. The van der Waals surface area contributed by atoms with Gasteiger partial charge in [0.2, 0.25) is 0 Å². The van der Waals surface area contributed by atoms with Crippen molar-refractivity contribution in [2.75, 3.05) is 0 Å². The maximum absolute atomic E-state index is 4.84. The normalized spacial score (nSPS) is 12.6. The first-order valence-corrected chi connectivity index (χ1v) is 21.2. The monoisotopic (exact) mass is 948 g/mol. The molecule has 58 heavy (non-hydrogen) atoms. The van der Waals surface area contributed by atoms with Crippen molar-refractivity contribution in [3.8, 4) is 50.5 Å². The van der Waals surface area contributed by atoms with Crippen LogP contribution in [0.25, 0.3) is 50.5 Å². The Labute approximate surface area is 365 Å². The van der Waals surface area contributed by atoms with Crippen LogP contribution >= 0.6 is 0 Å². The first-order chi connectivity index (χ1) is 26.6. The van der Waals surface area contributed by atoms with Crippen LogP contribution in [0.2, 0.25) is 0 Å². The molecule has 1 heterocycles. The molecule has 0 saturated heterocycles. The third-order valence-electron chi connectivity index (χ3n) is 11.5. The van der Waals surface area contributed by atoms with E-state index in [1.165, 1.54) is 61.3 Å². The Kier molecular flexibility index (Phi) is 13.4. The zero-order chi connectivity index (χ0) is 41.5. The molecule has 6 rings (SSSR count). The van der Waals surface area contributed by atoms with E-state index in [9.17, 15) is 0 Å². The number of hydrogen-bond donors (Lipinski definition) is 0. The maximum Gasteiger partial charge on any atom is 0.0602 e. The van der Waals surface area contributed by atoms with E-state index in [4.69, 9.17) is 4.98 Å². The van der Waals surface area contributed by atoms with Crippen molar-refractivity contribution in [2.45, 2.75) is 132 Å². The van der Waals surface area contributed by atoms with Crippen LogP contribution in [0.15, 0.2) is 116 Å². The number of aromatic nitrogens is 2. The van der Waals surface area contributed by atoms with Crippen molar-refractivity contribution in [1.29, 1.82) is 0 Å². The van der Waals surface area contributed by atoms with Gasteiger partial charge in [-0.1, -0.05) is 145 Å². The molecule has 0 atom stereocenters. The van der Waals surface area contributed by atoms with Gasteiger partial charge < -0.3 is 4.57 Å². The Balaban J connectivity index is 0.00000641. The summed E-state index contributed by atoms with van der Waals surface area (Å²) in [6.45, 7) is 32.8. The van der Waals surface area contributed by atoms with E-state index in [2.05, 4.69) is 205 Å². The Hall–Kier alpha value is -4.04. The molecule has 5 aromatic carbocycles. The molecule has 0 saturated carbocycles. The second-order valence-electron chi connectivity index (χ2n) is 20.9. The fraction of sp³-hybridized carbons (Fsp3) is 0.400. The Morgan fingerprint density at radius 1 is 0.534 bits per heavy atom. The van der Waals surface area contributed by atoms with Crippen molar-refractivity contribution in [1.82, 2.24) is 9.55 Å². The van der Waals surface area contributed by atoms with Gasteiger partial charge in [0.1, 0.15) is 0 Å². The summed E-state index contributed by atoms with van der Waals surface area (Å²) in [6.07, 6.45) is 6.27. The molecule has 0 aliphatic rings. The molecule has 0 fully saturated rings. The van der Waals surface area contributed by atoms with Gasteiger partial charge in [-0.2, -0.15) is 0 Å². The van der Waals surface area contributed by atoms with Gasteiger partial charge in [-0.3, -0.25) is 4.98 Å². The van der Waals surface area contributed by atoms with Crippen LogP contribution in [0.3, 0.4) is 0 Å². The average Bonchev–Trinajstić information content (AvgIpc) is 3.62. The van der Waals surface area contributed by atoms with Gasteiger partial charge in [-0.15, -0.1) is 35.9 Å². The molecule has 6 aromatic rings. The molecule has 0 spiro atoms. The third-order valence-corrected chi connectivity index (χ3v) is 11.5. The standard InChI is InChI=1S/C55H67N2.Ir/c1-37(2)48-33-45(34-49(38(3)4)50(48)57-29-28-56-51(57)41-18-16-15-17-19-41)44-31-42(39-20-24-46(25-21-39)54(11,12)35-52(5,6)7)30-43(32-44)40-22-26-47(27-23-40)55(13,14)36-53(8,9)10;/h15-18,20-34,37-38H,35-36H2,1-14H3;/q-1;. The minimum absolute atomic E-state index is 0. The molecular weight excluding hydrogens is 881 g/mol. The second-order valence-corrected chi connectivity index (χ2v) is 20.9. The molecule has 3 heteroatoms. The van der Waals surface area contributed by atoms with Crippen molar-refractivity contribution in [2.24, 2.45) is 10.8 Å². The van der Waals surface area contributed by atoms with Gasteiger partial charge in [-0.05, 0) is 132 Å². The maximum atomic E-state index is 4.84. The van der Waals surface area contributed by atoms with Crippen LogP contribution in [-0.4, -0.2) is 9.55 Å². The molecule has 0 N–H and O–H groups in total. The van der Waals surface area contributed by atoms with Crippen molar-refractivity contribution >= 4 is 0 Å². The summed E-state index contributed by atoms with van der Waals surface area (Å²) in [7, 11) is 0. The van der Waals surface area contributed by atoms with Crippen molar-refractivity contribution in [3.63, 3.8) is 0 Å². The fourth-order valence-electron chi connectivity index (χ4n) is 9.43. The van der Waals surface area contributed by atoms with E-state index in [0.717, 1.165) is 24.2 Å². The first-order valence-electron chi connectivity index (χ1n) is 21.2. The van der Waals surface area contributed by atoms with Gasteiger partial charge in [-0.25, -0.2) is 0 Å².